The van der Waals surface area contributed by atoms with Crippen molar-refractivity contribution >= 4 is 44.9 Å². The smallest absolute Gasteiger partial charge is 0.269 e. The van der Waals surface area contributed by atoms with Crippen molar-refractivity contribution in [1.29, 1.82) is 0 Å². The van der Waals surface area contributed by atoms with E-state index in [9.17, 15) is 18.0 Å². The quantitative estimate of drug-likeness (QED) is 0.529. The van der Waals surface area contributed by atoms with E-state index >= 15 is 0 Å². The number of amides is 2. The van der Waals surface area contributed by atoms with Crippen molar-refractivity contribution in [1.82, 2.24) is 20.6 Å². The molecule has 0 unspecified atom stereocenters. The van der Waals surface area contributed by atoms with Crippen LogP contribution in [0.25, 0.3) is 5.69 Å². The van der Waals surface area contributed by atoms with Gasteiger partial charge in [0.2, 0.25) is 5.91 Å². The molecule has 2 N–H and O–H groups in total. The van der Waals surface area contributed by atoms with E-state index in [2.05, 4.69) is 16.0 Å². The SMILES string of the molecule is Cc1nn(-c2ccc(Cl)c(Cl)c2)c(C)c1CC(=O)NNC(=O)c1ccc(S(C)(=O)=O)cc1. The molecule has 0 aliphatic rings. The van der Waals surface area contributed by atoms with Gasteiger partial charge in [-0.1, -0.05) is 23.2 Å². The number of nitrogens with one attached hydrogen (secondary N) is 2. The van der Waals surface area contributed by atoms with Crippen LogP contribution in [0.5, 0.6) is 0 Å². The van der Waals surface area contributed by atoms with E-state index in [0.717, 1.165) is 11.9 Å². The van der Waals surface area contributed by atoms with Crippen LogP contribution in [0.2, 0.25) is 10.0 Å². The normalized spacial score (nSPS) is 11.3. The van der Waals surface area contributed by atoms with Crippen molar-refractivity contribution < 1.29 is 18.0 Å². The molecule has 0 fully saturated rings. The first-order valence-electron chi connectivity index (χ1n) is 9.37. The Labute approximate surface area is 195 Å². The largest absolute Gasteiger partial charge is 0.273 e. The first-order valence-corrected chi connectivity index (χ1v) is 12.0. The number of hydrogen-bond acceptors (Lipinski definition) is 5. The van der Waals surface area contributed by atoms with E-state index in [-0.39, 0.29) is 16.9 Å². The molecule has 0 aliphatic carbocycles. The molecular formula is C21H20Cl2N4O4S. The van der Waals surface area contributed by atoms with Gasteiger partial charge in [-0.05, 0) is 56.3 Å². The lowest BCUT2D eigenvalue weighted by atomic mass is 10.1. The van der Waals surface area contributed by atoms with Gasteiger partial charge in [0, 0.05) is 23.1 Å². The summed E-state index contributed by atoms with van der Waals surface area (Å²) in [6.45, 7) is 3.61. The summed E-state index contributed by atoms with van der Waals surface area (Å²) in [4.78, 5) is 24.7. The highest BCUT2D eigenvalue weighted by molar-refractivity contribution is 7.90. The first-order chi connectivity index (χ1) is 15.0. The maximum absolute atomic E-state index is 12.4. The topological polar surface area (TPSA) is 110 Å². The number of benzene rings is 2. The highest BCUT2D eigenvalue weighted by Crippen LogP contribution is 2.26. The number of halogens is 2. The van der Waals surface area contributed by atoms with Gasteiger partial charge >= 0.3 is 0 Å². The number of aromatic nitrogens is 2. The minimum absolute atomic E-state index is 0.00765. The van der Waals surface area contributed by atoms with Crippen molar-refractivity contribution in [2.24, 2.45) is 0 Å². The van der Waals surface area contributed by atoms with Gasteiger partial charge < -0.3 is 0 Å². The van der Waals surface area contributed by atoms with Gasteiger partial charge in [-0.2, -0.15) is 5.10 Å². The molecule has 3 aromatic rings. The summed E-state index contributed by atoms with van der Waals surface area (Å²) in [7, 11) is -3.36. The maximum Gasteiger partial charge on any atom is 0.269 e. The predicted octanol–water partition coefficient (Wildman–Crippen LogP) is 3.20. The van der Waals surface area contributed by atoms with Crippen molar-refractivity contribution in [2.45, 2.75) is 25.2 Å². The monoisotopic (exact) mass is 494 g/mol. The van der Waals surface area contributed by atoms with Crippen molar-refractivity contribution in [2.75, 3.05) is 6.26 Å². The fourth-order valence-corrected chi connectivity index (χ4v) is 3.98. The minimum atomic E-state index is -3.36. The Morgan fingerprint density at radius 3 is 2.25 bits per heavy atom. The highest BCUT2D eigenvalue weighted by atomic mass is 35.5. The Bertz CT molecular complexity index is 1300. The summed E-state index contributed by atoms with van der Waals surface area (Å²) in [6, 6.07) is 10.5. The van der Waals surface area contributed by atoms with Gasteiger partial charge in [-0.25, -0.2) is 13.1 Å². The van der Waals surface area contributed by atoms with Crippen LogP contribution in [-0.4, -0.2) is 36.3 Å². The number of carbonyl (C=O) groups excluding carboxylic acids is 2. The zero-order valence-electron chi connectivity index (χ0n) is 17.4. The van der Waals surface area contributed by atoms with Crippen LogP contribution >= 0.6 is 23.2 Å². The van der Waals surface area contributed by atoms with Crippen LogP contribution in [0.4, 0.5) is 0 Å². The summed E-state index contributed by atoms with van der Waals surface area (Å²) < 4.78 is 24.7. The number of hydrazine groups is 1. The predicted molar refractivity (Wildman–Crippen MR) is 122 cm³/mol. The maximum atomic E-state index is 12.4. The average Bonchev–Trinajstić information content (AvgIpc) is 3.01. The number of rotatable bonds is 5. The number of carbonyl (C=O) groups is 2. The number of nitrogens with zero attached hydrogens (tertiary/aromatic N) is 2. The average molecular weight is 495 g/mol. The van der Waals surface area contributed by atoms with Gasteiger partial charge in [0.1, 0.15) is 0 Å². The van der Waals surface area contributed by atoms with E-state index < -0.39 is 21.7 Å². The third-order valence-electron chi connectivity index (χ3n) is 4.79. The molecule has 1 heterocycles. The third kappa shape index (κ3) is 5.29. The fourth-order valence-electron chi connectivity index (χ4n) is 3.06. The van der Waals surface area contributed by atoms with Crippen LogP contribution < -0.4 is 10.9 Å². The number of hydrogen-bond donors (Lipinski definition) is 2. The fraction of sp³-hybridized carbons (Fsp3) is 0.190. The van der Waals surface area contributed by atoms with Gasteiger partial charge in [-0.15, -0.1) is 0 Å². The highest BCUT2D eigenvalue weighted by Gasteiger charge is 2.17. The van der Waals surface area contributed by atoms with Crippen LogP contribution in [-0.2, 0) is 21.1 Å². The molecule has 0 saturated heterocycles. The zero-order chi connectivity index (χ0) is 23.6. The first kappa shape index (κ1) is 23.8. The molecule has 32 heavy (non-hydrogen) atoms. The number of aryl methyl sites for hydroxylation is 1. The molecule has 2 amide bonds. The van der Waals surface area contributed by atoms with Gasteiger partial charge in [-0.3, -0.25) is 20.4 Å². The second-order valence-electron chi connectivity index (χ2n) is 7.14. The lowest BCUT2D eigenvalue weighted by Gasteiger charge is -2.09. The lowest BCUT2D eigenvalue weighted by Crippen LogP contribution is -2.42. The summed E-state index contributed by atoms with van der Waals surface area (Å²) in [5.74, 6) is -1.01. The number of sulfone groups is 1. The van der Waals surface area contributed by atoms with E-state index in [1.807, 2.05) is 6.92 Å². The van der Waals surface area contributed by atoms with Crippen molar-refractivity contribution in [3.8, 4) is 5.69 Å². The van der Waals surface area contributed by atoms with Crippen LogP contribution in [0, 0.1) is 13.8 Å². The minimum Gasteiger partial charge on any atom is -0.273 e. The molecular weight excluding hydrogens is 475 g/mol. The van der Waals surface area contributed by atoms with Crippen LogP contribution in [0.3, 0.4) is 0 Å². The third-order valence-corrected chi connectivity index (χ3v) is 6.65. The van der Waals surface area contributed by atoms with Gasteiger partial charge in [0.15, 0.2) is 9.84 Å². The molecule has 11 heteroatoms. The molecule has 168 valence electrons. The molecule has 1 aromatic heterocycles. The Morgan fingerprint density at radius 1 is 1.00 bits per heavy atom. The van der Waals surface area contributed by atoms with Crippen LogP contribution in [0.1, 0.15) is 27.3 Å². The second-order valence-corrected chi connectivity index (χ2v) is 9.97. The second kappa shape index (κ2) is 9.32. The summed E-state index contributed by atoms with van der Waals surface area (Å²) in [5, 5.41) is 5.29. The molecule has 0 atom stereocenters. The Morgan fingerprint density at radius 2 is 1.66 bits per heavy atom. The Hall–Kier alpha value is -2.88. The van der Waals surface area contributed by atoms with E-state index in [1.165, 1.54) is 24.3 Å². The summed E-state index contributed by atoms with van der Waals surface area (Å²) in [6.07, 6.45) is 1.07. The van der Waals surface area contributed by atoms with E-state index in [4.69, 9.17) is 23.2 Å². The molecule has 0 bridgehead atoms. The van der Waals surface area contributed by atoms with Crippen molar-refractivity contribution in [3.05, 3.63) is 75.0 Å². The lowest BCUT2D eigenvalue weighted by molar-refractivity contribution is -0.121. The van der Waals surface area contributed by atoms with Gasteiger partial charge in [0.25, 0.3) is 5.91 Å². The molecule has 0 radical (unpaired) electrons. The Kier molecular flexibility index (Phi) is 6.92. The summed E-state index contributed by atoms with van der Waals surface area (Å²) in [5.41, 5.74) is 7.71. The molecule has 8 nitrogen and oxygen atoms in total. The van der Waals surface area contributed by atoms with Crippen molar-refractivity contribution in [3.63, 3.8) is 0 Å². The molecule has 0 saturated carbocycles. The van der Waals surface area contributed by atoms with E-state index in [1.54, 1.807) is 29.8 Å². The van der Waals surface area contributed by atoms with E-state index in [0.29, 0.717) is 27.0 Å². The molecule has 0 aliphatic heterocycles. The summed E-state index contributed by atoms with van der Waals surface area (Å²) >= 11 is 12.1. The standard InChI is InChI=1S/C21H20Cl2N4O4S/c1-12-17(13(2)27(26-12)15-6-9-18(22)19(23)10-15)11-20(28)24-25-21(29)14-4-7-16(8-5-14)32(3,30)31/h4-10H,11H2,1-3H3,(H,24,28)(H,25,29). The molecule has 0 spiro atoms. The van der Waals surface area contributed by atoms with Crippen LogP contribution in [0.15, 0.2) is 47.4 Å². The van der Waals surface area contributed by atoms with Gasteiger partial charge in [0.05, 0.1) is 32.7 Å². The zero-order valence-corrected chi connectivity index (χ0v) is 19.8. The molecule has 3 rings (SSSR count). The molecule has 2 aromatic carbocycles. The Balaban J connectivity index is 1.67.